The van der Waals surface area contributed by atoms with Gasteiger partial charge in [0.2, 0.25) is 0 Å². The maximum Gasteiger partial charge on any atom is 0.307 e. The molecule has 2 atom stereocenters. The normalized spacial score (nSPS) is 26.4. The van der Waals surface area contributed by atoms with Gasteiger partial charge in [-0.1, -0.05) is 12.8 Å². The molecule has 1 fully saturated rings. The quantitative estimate of drug-likeness (QED) is 0.740. The number of rotatable bonds is 3. The van der Waals surface area contributed by atoms with Gasteiger partial charge in [0.1, 0.15) is 5.78 Å². The Bertz CT molecular complexity index is 220. The number of halogens is 1. The molecule has 1 aliphatic rings. The van der Waals surface area contributed by atoms with Crippen LogP contribution in [0, 0.1) is 11.8 Å². The highest BCUT2D eigenvalue weighted by Gasteiger charge is 2.34. The first kappa shape index (κ1) is 13.4. The molecule has 5 heteroatoms. The molecule has 0 heterocycles. The fourth-order valence-electron chi connectivity index (χ4n) is 1.96. The summed E-state index contributed by atoms with van der Waals surface area (Å²) in [4.78, 5) is 22.1. The second-order valence-electron chi connectivity index (χ2n) is 3.51. The van der Waals surface area contributed by atoms with Crippen molar-refractivity contribution in [3.63, 3.8) is 0 Å². The van der Waals surface area contributed by atoms with Gasteiger partial charge in [0, 0.05) is 5.92 Å². The Morgan fingerprint density at radius 2 is 1.71 bits per heavy atom. The average Bonchev–Trinajstić information content (AvgIpc) is 2.16. The van der Waals surface area contributed by atoms with Gasteiger partial charge in [-0.15, -0.1) is 12.4 Å². The highest BCUT2D eigenvalue weighted by atomic mass is 35.5. The van der Waals surface area contributed by atoms with Crippen LogP contribution < -0.4 is 5.73 Å². The van der Waals surface area contributed by atoms with Gasteiger partial charge >= 0.3 is 5.97 Å². The molecule has 4 nitrogen and oxygen atoms in total. The van der Waals surface area contributed by atoms with E-state index in [1.165, 1.54) is 0 Å². The van der Waals surface area contributed by atoms with Gasteiger partial charge in [-0.25, -0.2) is 0 Å². The molecule has 1 aliphatic carbocycles. The Balaban J connectivity index is 0.00000169. The van der Waals surface area contributed by atoms with Gasteiger partial charge in [-0.05, 0) is 12.8 Å². The van der Waals surface area contributed by atoms with E-state index in [9.17, 15) is 9.59 Å². The summed E-state index contributed by atoms with van der Waals surface area (Å²) < 4.78 is 0. The van der Waals surface area contributed by atoms with Gasteiger partial charge in [-0.2, -0.15) is 0 Å². The number of hydrogen-bond donors (Lipinski definition) is 2. The molecule has 0 spiro atoms. The van der Waals surface area contributed by atoms with Crippen molar-refractivity contribution in [1.82, 2.24) is 0 Å². The van der Waals surface area contributed by atoms with Crippen LogP contribution >= 0.6 is 12.4 Å². The van der Waals surface area contributed by atoms with Crippen molar-refractivity contribution in [1.29, 1.82) is 0 Å². The molecule has 0 saturated heterocycles. The van der Waals surface area contributed by atoms with Crippen molar-refractivity contribution >= 4 is 24.2 Å². The highest BCUT2D eigenvalue weighted by Crippen LogP contribution is 2.30. The minimum atomic E-state index is -0.855. The molecule has 0 bridgehead atoms. The summed E-state index contributed by atoms with van der Waals surface area (Å²) in [6, 6.07) is 0. The van der Waals surface area contributed by atoms with Crippen molar-refractivity contribution in [2.75, 3.05) is 6.54 Å². The smallest absolute Gasteiger partial charge is 0.307 e. The summed E-state index contributed by atoms with van der Waals surface area (Å²) >= 11 is 0. The first-order chi connectivity index (χ1) is 6.16. The maximum atomic E-state index is 11.3. The van der Waals surface area contributed by atoms with E-state index in [0.29, 0.717) is 12.8 Å². The molecule has 1 saturated carbocycles. The summed E-state index contributed by atoms with van der Waals surface area (Å²) in [5, 5.41) is 8.86. The summed E-state index contributed by atoms with van der Waals surface area (Å²) in [6.07, 6.45) is 3.16. The van der Waals surface area contributed by atoms with Crippen LogP contribution in [0.4, 0.5) is 0 Å². The number of ketones is 1. The van der Waals surface area contributed by atoms with Gasteiger partial charge in [0.25, 0.3) is 0 Å². The molecule has 0 aromatic heterocycles. The molecule has 0 amide bonds. The summed E-state index contributed by atoms with van der Waals surface area (Å²) in [5.74, 6) is -1.79. The maximum absolute atomic E-state index is 11.3. The standard InChI is InChI=1S/C9H15NO3.ClH/c10-5-8(11)6-3-1-2-4-7(6)9(12)13;/h6-7H,1-5,10H2,(H,12,13);1H/t6-,7-;/m1./s1. The summed E-state index contributed by atoms with van der Waals surface area (Å²) in [5.41, 5.74) is 5.22. The molecule has 0 aromatic carbocycles. The van der Waals surface area contributed by atoms with Crippen molar-refractivity contribution in [3.8, 4) is 0 Å². The molecule has 1 rings (SSSR count). The average molecular weight is 222 g/mol. The number of carbonyl (C=O) groups is 2. The predicted octanol–water partition coefficient (Wildman–Crippen LogP) is 0.827. The number of carboxylic acids is 1. The van der Waals surface area contributed by atoms with Crippen LogP contribution in [0.25, 0.3) is 0 Å². The van der Waals surface area contributed by atoms with Gasteiger partial charge in [-0.3, -0.25) is 9.59 Å². The van der Waals surface area contributed by atoms with Crippen LogP contribution in [0.2, 0.25) is 0 Å². The number of carboxylic acid groups (broad SMARTS) is 1. The van der Waals surface area contributed by atoms with Crippen molar-refractivity contribution in [2.45, 2.75) is 25.7 Å². The molecule has 0 unspecified atom stereocenters. The van der Waals surface area contributed by atoms with E-state index in [-0.39, 0.29) is 30.7 Å². The molecule has 3 N–H and O–H groups in total. The second kappa shape index (κ2) is 5.98. The third-order valence-corrected chi connectivity index (χ3v) is 2.70. The lowest BCUT2D eigenvalue weighted by Gasteiger charge is -2.26. The Labute approximate surface area is 89.3 Å². The topological polar surface area (TPSA) is 80.4 Å². The lowest BCUT2D eigenvalue weighted by molar-refractivity contribution is -0.148. The number of nitrogens with two attached hydrogens (primary N) is 1. The minimum absolute atomic E-state index is 0. The zero-order chi connectivity index (χ0) is 9.84. The second-order valence-corrected chi connectivity index (χ2v) is 3.51. The van der Waals surface area contributed by atoms with Crippen LogP contribution in [0.1, 0.15) is 25.7 Å². The number of Topliss-reactive ketones (excluding diaryl/α,β-unsaturated/α-hetero) is 1. The lowest BCUT2D eigenvalue weighted by Crippen LogP contribution is -2.35. The summed E-state index contributed by atoms with van der Waals surface area (Å²) in [7, 11) is 0. The molecule has 82 valence electrons. The fraction of sp³-hybridized carbons (Fsp3) is 0.778. The van der Waals surface area contributed by atoms with Crippen LogP contribution in [-0.2, 0) is 9.59 Å². The molecule has 0 aliphatic heterocycles. The third-order valence-electron chi connectivity index (χ3n) is 2.70. The van der Waals surface area contributed by atoms with Crippen molar-refractivity contribution in [3.05, 3.63) is 0 Å². The zero-order valence-corrected chi connectivity index (χ0v) is 8.76. The molecular weight excluding hydrogens is 206 g/mol. The molecule has 0 aromatic rings. The largest absolute Gasteiger partial charge is 0.481 e. The SMILES string of the molecule is Cl.NCC(=O)[C@@H]1CCCC[C@H]1C(=O)O. The predicted molar refractivity (Wildman–Crippen MR) is 54.4 cm³/mol. The van der Waals surface area contributed by atoms with Crippen molar-refractivity contribution in [2.24, 2.45) is 17.6 Å². The number of hydrogen-bond acceptors (Lipinski definition) is 3. The van der Waals surface area contributed by atoms with Crippen LogP contribution in [0.3, 0.4) is 0 Å². The van der Waals surface area contributed by atoms with Crippen LogP contribution in [-0.4, -0.2) is 23.4 Å². The Kier molecular flexibility index (Phi) is 5.72. The fourth-order valence-corrected chi connectivity index (χ4v) is 1.96. The van der Waals surface area contributed by atoms with E-state index in [1.54, 1.807) is 0 Å². The van der Waals surface area contributed by atoms with E-state index >= 15 is 0 Å². The molecular formula is C9H16ClNO3. The van der Waals surface area contributed by atoms with E-state index in [1.807, 2.05) is 0 Å². The van der Waals surface area contributed by atoms with Crippen LogP contribution in [0.5, 0.6) is 0 Å². The van der Waals surface area contributed by atoms with Gasteiger partial charge in [0.05, 0.1) is 12.5 Å². The third kappa shape index (κ3) is 2.96. The Hall–Kier alpha value is -0.610. The molecule has 14 heavy (non-hydrogen) atoms. The number of carbonyl (C=O) groups excluding carboxylic acids is 1. The van der Waals surface area contributed by atoms with E-state index in [0.717, 1.165) is 12.8 Å². The van der Waals surface area contributed by atoms with Crippen molar-refractivity contribution < 1.29 is 14.7 Å². The van der Waals surface area contributed by atoms with E-state index < -0.39 is 11.9 Å². The Morgan fingerprint density at radius 1 is 1.21 bits per heavy atom. The van der Waals surface area contributed by atoms with Gasteiger partial charge < -0.3 is 10.8 Å². The first-order valence-electron chi connectivity index (χ1n) is 4.62. The van der Waals surface area contributed by atoms with E-state index in [2.05, 4.69) is 0 Å². The summed E-state index contributed by atoms with van der Waals surface area (Å²) in [6.45, 7) is -0.0333. The zero-order valence-electron chi connectivity index (χ0n) is 7.94. The lowest BCUT2D eigenvalue weighted by atomic mass is 9.77. The first-order valence-corrected chi connectivity index (χ1v) is 4.62. The van der Waals surface area contributed by atoms with Crippen LogP contribution in [0.15, 0.2) is 0 Å². The highest BCUT2D eigenvalue weighted by molar-refractivity contribution is 5.87. The van der Waals surface area contributed by atoms with E-state index in [4.69, 9.17) is 10.8 Å². The minimum Gasteiger partial charge on any atom is -0.481 e. The molecule has 0 radical (unpaired) electrons. The monoisotopic (exact) mass is 221 g/mol. The Morgan fingerprint density at radius 3 is 2.14 bits per heavy atom. The van der Waals surface area contributed by atoms with Gasteiger partial charge in [0.15, 0.2) is 0 Å². The number of aliphatic carboxylic acids is 1.